The van der Waals surface area contributed by atoms with E-state index >= 15 is 0 Å². The highest BCUT2D eigenvalue weighted by molar-refractivity contribution is 7.48. The highest BCUT2D eigenvalue weighted by Crippen LogP contribution is 2.51. The SMILES string of the molecule is CCC(=O)O[C@H]1[C@@H](OC(=O)CC)[C@](C#N)(c2ccc3c(N)ncnn23)O[C@@H]1COP(=O)(OCOC(=O)OC(C)C)OCOC(=O)OC(C)C. The van der Waals surface area contributed by atoms with Crippen molar-refractivity contribution in [1.82, 2.24) is 14.6 Å². The molecule has 2 N–H and O–H groups in total. The predicted molar refractivity (Wildman–Crippen MR) is 161 cm³/mol. The lowest BCUT2D eigenvalue weighted by atomic mass is 9.92. The molecule has 0 amide bonds. The second-order valence-corrected chi connectivity index (χ2v) is 12.3. The molecule has 0 aromatic carbocycles. The number of hydrogen-bond donors (Lipinski definition) is 1. The van der Waals surface area contributed by atoms with Crippen molar-refractivity contribution in [3.05, 3.63) is 24.2 Å². The minimum absolute atomic E-state index is 0.0119. The van der Waals surface area contributed by atoms with Gasteiger partial charge < -0.3 is 38.9 Å². The molecule has 270 valence electrons. The van der Waals surface area contributed by atoms with Gasteiger partial charge in [0, 0.05) is 12.8 Å². The van der Waals surface area contributed by atoms with Crippen molar-refractivity contribution < 1.29 is 70.5 Å². The molecular weight excluding hydrogens is 677 g/mol. The van der Waals surface area contributed by atoms with Gasteiger partial charge in [-0.1, -0.05) is 13.8 Å². The standard InChI is InChI=1S/C28H38N5O15P/c1-7-21(34)46-23-19(11-41-49(38,42-14-39-26(36)44-16(3)4)43-15-40-27(37)45-17(5)6)48-28(12-29,24(23)47-22(35)8-2)20-10-9-18-25(30)31-13-32-33(18)20/h9-10,13,16-17,19,23-24H,7-8,11,14-15H2,1-6H3,(H2,30,31,32)/t19-,23-,24-,28+/m1/s1. The summed E-state index contributed by atoms with van der Waals surface area (Å²) in [6, 6.07) is 4.92. The highest BCUT2D eigenvalue weighted by atomic mass is 31.2. The summed E-state index contributed by atoms with van der Waals surface area (Å²) < 4.78 is 67.1. The number of esters is 2. The van der Waals surface area contributed by atoms with Crippen molar-refractivity contribution in [3.8, 4) is 6.07 Å². The van der Waals surface area contributed by atoms with E-state index in [4.69, 9.17) is 52.5 Å². The van der Waals surface area contributed by atoms with E-state index in [-0.39, 0.29) is 29.9 Å². The van der Waals surface area contributed by atoms with Gasteiger partial charge in [0.15, 0.2) is 18.0 Å². The van der Waals surface area contributed by atoms with Crippen LogP contribution in [0.3, 0.4) is 0 Å². The van der Waals surface area contributed by atoms with Crippen molar-refractivity contribution in [2.75, 3.05) is 25.9 Å². The number of hydrogen-bond acceptors (Lipinski definition) is 19. The zero-order valence-corrected chi connectivity index (χ0v) is 28.5. The average Bonchev–Trinajstić information content (AvgIpc) is 3.60. The van der Waals surface area contributed by atoms with Crippen molar-refractivity contribution in [2.45, 2.75) is 90.5 Å². The average molecular weight is 716 g/mol. The van der Waals surface area contributed by atoms with E-state index in [9.17, 15) is 29.0 Å². The fraction of sp³-hybridized carbons (Fsp3) is 0.607. The monoisotopic (exact) mass is 715 g/mol. The molecule has 1 fully saturated rings. The molecule has 3 heterocycles. The van der Waals surface area contributed by atoms with Crippen LogP contribution in [0.5, 0.6) is 0 Å². The molecule has 1 saturated heterocycles. The van der Waals surface area contributed by atoms with Crippen molar-refractivity contribution >= 4 is 43.4 Å². The van der Waals surface area contributed by atoms with Gasteiger partial charge in [-0.05, 0) is 39.8 Å². The Bertz CT molecular complexity index is 1540. The second-order valence-electron chi connectivity index (χ2n) is 10.6. The molecule has 1 aliphatic heterocycles. The highest BCUT2D eigenvalue weighted by Gasteiger charge is 2.62. The molecule has 0 unspecified atom stereocenters. The number of ether oxygens (including phenoxy) is 7. The first kappa shape index (κ1) is 38.9. The summed E-state index contributed by atoms with van der Waals surface area (Å²) in [4.78, 5) is 52.9. The second kappa shape index (κ2) is 17.2. The maximum atomic E-state index is 13.7. The molecule has 0 spiro atoms. The van der Waals surface area contributed by atoms with E-state index in [1.54, 1.807) is 27.7 Å². The molecule has 2 aromatic rings. The number of phosphoric acid groups is 1. The van der Waals surface area contributed by atoms with Crippen LogP contribution in [0.15, 0.2) is 18.5 Å². The molecule has 0 aliphatic carbocycles. The van der Waals surface area contributed by atoms with Gasteiger partial charge in [0.05, 0.1) is 24.5 Å². The number of rotatable bonds is 16. The van der Waals surface area contributed by atoms with Crippen LogP contribution in [-0.2, 0) is 66.5 Å². The number of nitrogens with two attached hydrogens (primary N) is 1. The first-order valence-corrected chi connectivity index (χ1v) is 16.4. The van der Waals surface area contributed by atoms with E-state index in [1.807, 2.05) is 6.07 Å². The van der Waals surface area contributed by atoms with Crippen molar-refractivity contribution in [3.63, 3.8) is 0 Å². The number of aromatic nitrogens is 3. The third-order valence-electron chi connectivity index (χ3n) is 6.37. The van der Waals surface area contributed by atoms with E-state index in [0.29, 0.717) is 0 Å². The number of nitrogen functional groups attached to an aromatic ring is 1. The van der Waals surface area contributed by atoms with Crippen molar-refractivity contribution in [2.24, 2.45) is 0 Å². The van der Waals surface area contributed by atoms with E-state index in [2.05, 4.69) is 10.1 Å². The Morgan fingerprint density at radius 1 is 0.980 bits per heavy atom. The number of fused-ring (bicyclic) bond motifs is 1. The molecule has 4 atom stereocenters. The largest absolute Gasteiger partial charge is 0.510 e. The summed E-state index contributed by atoms with van der Waals surface area (Å²) in [6.07, 6.45) is -7.27. The van der Waals surface area contributed by atoms with Gasteiger partial charge in [-0.3, -0.25) is 14.1 Å². The van der Waals surface area contributed by atoms with Crippen LogP contribution >= 0.6 is 7.82 Å². The predicted octanol–water partition coefficient (Wildman–Crippen LogP) is 3.27. The summed E-state index contributed by atoms with van der Waals surface area (Å²) in [6.45, 7) is 6.37. The third kappa shape index (κ3) is 9.99. The van der Waals surface area contributed by atoms with Gasteiger partial charge in [-0.25, -0.2) is 32.7 Å². The molecule has 0 radical (unpaired) electrons. The van der Waals surface area contributed by atoms with E-state index in [1.165, 1.54) is 30.5 Å². The maximum Gasteiger partial charge on any atom is 0.510 e. The van der Waals surface area contributed by atoms with Gasteiger partial charge in [0.25, 0.3) is 0 Å². The van der Waals surface area contributed by atoms with Crippen molar-refractivity contribution in [1.29, 1.82) is 5.26 Å². The topological polar surface area (TPSA) is 258 Å². The minimum Gasteiger partial charge on any atom is -0.455 e. The third-order valence-corrected chi connectivity index (χ3v) is 7.68. The number of carbonyl (C=O) groups is 4. The number of nitriles is 1. The fourth-order valence-corrected chi connectivity index (χ4v) is 5.19. The van der Waals surface area contributed by atoms with Crippen LogP contribution in [0.4, 0.5) is 15.4 Å². The smallest absolute Gasteiger partial charge is 0.455 e. The zero-order valence-electron chi connectivity index (χ0n) is 27.6. The molecule has 0 saturated carbocycles. The number of phosphoric ester groups is 1. The Balaban J connectivity index is 1.98. The lowest BCUT2D eigenvalue weighted by Gasteiger charge is -2.28. The van der Waals surface area contributed by atoms with Crippen LogP contribution in [0.2, 0.25) is 0 Å². The Labute approximate surface area is 280 Å². The van der Waals surface area contributed by atoms with Crippen LogP contribution < -0.4 is 5.73 Å². The first-order chi connectivity index (χ1) is 23.2. The van der Waals surface area contributed by atoms with Gasteiger partial charge in [0.1, 0.15) is 24.0 Å². The number of anilines is 1. The molecule has 0 bridgehead atoms. The van der Waals surface area contributed by atoms with E-state index in [0.717, 1.165) is 6.33 Å². The summed E-state index contributed by atoms with van der Waals surface area (Å²) >= 11 is 0. The lowest BCUT2D eigenvalue weighted by molar-refractivity contribution is -0.169. The Hall–Kier alpha value is -4.54. The van der Waals surface area contributed by atoms with Gasteiger partial charge >= 0.3 is 32.1 Å². The van der Waals surface area contributed by atoms with Crippen LogP contribution in [0, 0.1) is 11.3 Å². The maximum absolute atomic E-state index is 13.7. The quantitative estimate of drug-likeness (QED) is 0.113. The fourth-order valence-electron chi connectivity index (χ4n) is 4.27. The van der Waals surface area contributed by atoms with Crippen LogP contribution in [-0.4, -0.2) is 89.6 Å². The molecule has 49 heavy (non-hydrogen) atoms. The molecular formula is C28H38N5O15P. The Morgan fingerprint density at radius 2 is 1.55 bits per heavy atom. The zero-order chi connectivity index (χ0) is 36.4. The summed E-state index contributed by atoms with van der Waals surface area (Å²) in [5.74, 6) is -1.51. The molecule has 2 aromatic heterocycles. The number of nitrogens with zero attached hydrogens (tertiary/aromatic N) is 4. The minimum atomic E-state index is -4.85. The molecule has 3 rings (SSSR count). The van der Waals surface area contributed by atoms with Crippen LogP contribution in [0.1, 0.15) is 60.1 Å². The van der Waals surface area contributed by atoms with Crippen LogP contribution in [0.25, 0.3) is 5.52 Å². The molecule has 1 aliphatic rings. The Kier molecular flexibility index (Phi) is 13.7. The number of carbonyl (C=O) groups excluding carboxylic acids is 4. The lowest BCUT2D eigenvalue weighted by Crippen LogP contribution is -2.46. The summed E-state index contributed by atoms with van der Waals surface area (Å²) in [5, 5.41) is 14.8. The first-order valence-electron chi connectivity index (χ1n) is 15.0. The molecule has 21 heteroatoms. The van der Waals surface area contributed by atoms with Gasteiger partial charge in [-0.15, -0.1) is 0 Å². The van der Waals surface area contributed by atoms with Gasteiger partial charge in [0.2, 0.25) is 19.2 Å². The van der Waals surface area contributed by atoms with E-state index < -0.39 is 88.4 Å². The normalized spacial score (nSPS) is 20.5. The Morgan fingerprint density at radius 3 is 2.08 bits per heavy atom. The molecule has 20 nitrogen and oxygen atoms in total. The van der Waals surface area contributed by atoms with Gasteiger partial charge in [-0.2, -0.15) is 10.4 Å². The summed E-state index contributed by atoms with van der Waals surface area (Å²) in [5.41, 5.74) is 4.05. The summed E-state index contributed by atoms with van der Waals surface area (Å²) in [7, 11) is -4.85.